The number of carboxylic acids is 1. The number of primary amides is 1. The van der Waals surface area contributed by atoms with E-state index in [0.29, 0.717) is 44.5 Å². The van der Waals surface area contributed by atoms with Crippen LogP contribution in [0.1, 0.15) is 32.1 Å². The summed E-state index contributed by atoms with van der Waals surface area (Å²) in [5, 5.41) is 12.0. The first-order chi connectivity index (χ1) is 16.5. The molecule has 0 radical (unpaired) electrons. The summed E-state index contributed by atoms with van der Waals surface area (Å²) in [6.07, 6.45) is -2.08. The van der Waals surface area contributed by atoms with Gasteiger partial charge in [-0.2, -0.15) is 0 Å². The highest BCUT2D eigenvalue weighted by atomic mass is 19.4. The molecule has 35 heavy (non-hydrogen) atoms. The van der Waals surface area contributed by atoms with Crippen LogP contribution in [0.15, 0.2) is 24.3 Å². The van der Waals surface area contributed by atoms with Gasteiger partial charge in [0.15, 0.2) is 0 Å². The van der Waals surface area contributed by atoms with Crippen molar-refractivity contribution in [2.75, 3.05) is 38.0 Å². The molecular formula is C23H31F3N4O5. The maximum atomic E-state index is 12.8. The molecule has 1 aromatic rings. The average Bonchev–Trinajstić information content (AvgIpc) is 2.78. The molecule has 0 bridgehead atoms. The Morgan fingerprint density at radius 3 is 2.29 bits per heavy atom. The first-order valence-electron chi connectivity index (χ1n) is 11.7. The third-order valence-corrected chi connectivity index (χ3v) is 6.76. The Kier molecular flexibility index (Phi) is 8.82. The number of hydrogen-bond acceptors (Lipinski definition) is 5. The van der Waals surface area contributed by atoms with E-state index in [0.717, 1.165) is 31.8 Å². The summed E-state index contributed by atoms with van der Waals surface area (Å²) < 4.78 is 40.8. The zero-order chi connectivity index (χ0) is 25.6. The van der Waals surface area contributed by atoms with E-state index in [1.54, 1.807) is 4.90 Å². The molecule has 2 atom stereocenters. The number of nitrogens with one attached hydrogen (secondary N) is 1. The van der Waals surface area contributed by atoms with Crippen LogP contribution in [0.4, 0.5) is 23.7 Å². The minimum absolute atomic E-state index is 0.0120. The standard InChI is InChI=1S/C23H31F3N4O5/c24-23(25,26)35-19-3-1-18(2-4-19)28-22(34)30-12-8-16(13-20(31)32)17(14-30)7-11-29-9-5-15(6-10-29)21(27)33/h1-4,15-17H,5-14H2,(H2,27,33)(H,28,34)(H,31,32). The number of amides is 3. The number of carboxylic acid groups (broad SMARTS) is 1. The number of ether oxygens (including phenoxy) is 1. The lowest BCUT2D eigenvalue weighted by atomic mass is 9.81. The number of carbonyl (C=O) groups excluding carboxylic acids is 2. The molecule has 1 aromatic carbocycles. The molecule has 0 saturated carbocycles. The van der Waals surface area contributed by atoms with Gasteiger partial charge in [0, 0.05) is 31.1 Å². The van der Waals surface area contributed by atoms with Crippen molar-refractivity contribution in [3.8, 4) is 5.75 Å². The highest BCUT2D eigenvalue weighted by molar-refractivity contribution is 5.89. The van der Waals surface area contributed by atoms with Crippen LogP contribution in [0, 0.1) is 17.8 Å². The Hall–Kier alpha value is -3.02. The predicted molar refractivity (Wildman–Crippen MR) is 121 cm³/mol. The molecule has 2 fully saturated rings. The molecule has 0 spiro atoms. The van der Waals surface area contributed by atoms with Crippen LogP contribution >= 0.6 is 0 Å². The Labute approximate surface area is 201 Å². The molecule has 0 aliphatic carbocycles. The van der Waals surface area contributed by atoms with Crippen molar-refractivity contribution in [3.63, 3.8) is 0 Å². The van der Waals surface area contributed by atoms with E-state index in [4.69, 9.17) is 5.73 Å². The molecule has 4 N–H and O–H groups in total. The van der Waals surface area contributed by atoms with Crippen molar-refractivity contribution in [3.05, 3.63) is 24.3 Å². The van der Waals surface area contributed by atoms with Crippen LogP contribution < -0.4 is 15.8 Å². The third kappa shape index (κ3) is 8.30. The Morgan fingerprint density at radius 2 is 1.71 bits per heavy atom. The number of nitrogens with two attached hydrogens (primary N) is 1. The lowest BCUT2D eigenvalue weighted by molar-refractivity contribution is -0.274. The number of aliphatic carboxylic acids is 1. The van der Waals surface area contributed by atoms with Crippen LogP contribution in [0.2, 0.25) is 0 Å². The fourth-order valence-electron chi connectivity index (χ4n) is 4.82. The second kappa shape index (κ2) is 11.6. The molecule has 2 aliphatic heterocycles. The van der Waals surface area contributed by atoms with Crippen molar-refractivity contribution in [1.29, 1.82) is 0 Å². The van der Waals surface area contributed by atoms with E-state index >= 15 is 0 Å². The van der Waals surface area contributed by atoms with E-state index in [2.05, 4.69) is 15.0 Å². The molecule has 3 rings (SSSR count). The van der Waals surface area contributed by atoms with Crippen LogP contribution in [0.5, 0.6) is 5.75 Å². The zero-order valence-electron chi connectivity index (χ0n) is 19.3. The van der Waals surface area contributed by atoms with Gasteiger partial charge in [-0.05, 0) is 81.4 Å². The number of alkyl halides is 3. The van der Waals surface area contributed by atoms with Crippen LogP contribution in [0.25, 0.3) is 0 Å². The number of carbonyl (C=O) groups is 3. The second-order valence-electron chi connectivity index (χ2n) is 9.16. The Balaban J connectivity index is 1.55. The fourth-order valence-corrected chi connectivity index (χ4v) is 4.82. The Bertz CT molecular complexity index is 888. The lowest BCUT2D eigenvalue weighted by Gasteiger charge is -2.39. The van der Waals surface area contributed by atoms with Crippen molar-refractivity contribution in [2.45, 2.75) is 38.5 Å². The summed E-state index contributed by atoms with van der Waals surface area (Å²) in [7, 11) is 0. The van der Waals surface area contributed by atoms with Crippen molar-refractivity contribution >= 4 is 23.6 Å². The molecule has 9 nitrogen and oxygen atoms in total. The van der Waals surface area contributed by atoms with Gasteiger partial charge in [0.2, 0.25) is 5.91 Å². The predicted octanol–water partition coefficient (Wildman–Crippen LogP) is 3.12. The first-order valence-corrected chi connectivity index (χ1v) is 11.7. The summed E-state index contributed by atoms with van der Waals surface area (Å²) >= 11 is 0. The van der Waals surface area contributed by atoms with Crippen LogP contribution in [0.3, 0.4) is 0 Å². The highest BCUT2D eigenvalue weighted by Crippen LogP contribution is 2.31. The zero-order valence-corrected chi connectivity index (χ0v) is 19.3. The third-order valence-electron chi connectivity index (χ3n) is 6.76. The van der Waals surface area contributed by atoms with E-state index < -0.39 is 18.4 Å². The number of hydrogen-bond donors (Lipinski definition) is 3. The van der Waals surface area contributed by atoms with Crippen molar-refractivity contribution in [2.24, 2.45) is 23.5 Å². The number of benzene rings is 1. The first kappa shape index (κ1) is 26.6. The smallest absolute Gasteiger partial charge is 0.481 e. The topological polar surface area (TPSA) is 125 Å². The number of rotatable bonds is 8. The van der Waals surface area contributed by atoms with Gasteiger partial charge in [0.25, 0.3) is 0 Å². The number of anilines is 1. The fraction of sp³-hybridized carbons (Fsp3) is 0.609. The van der Waals surface area contributed by atoms with Gasteiger partial charge in [-0.15, -0.1) is 13.2 Å². The van der Waals surface area contributed by atoms with Crippen molar-refractivity contribution in [1.82, 2.24) is 9.80 Å². The summed E-state index contributed by atoms with van der Waals surface area (Å²) in [5.74, 6) is -1.71. The van der Waals surface area contributed by atoms with Gasteiger partial charge in [0.05, 0.1) is 0 Å². The monoisotopic (exact) mass is 500 g/mol. The minimum atomic E-state index is -4.79. The second-order valence-corrected chi connectivity index (χ2v) is 9.16. The SMILES string of the molecule is NC(=O)C1CCN(CCC2CN(C(=O)Nc3ccc(OC(F)(F)F)cc3)CCC2CC(=O)O)CC1. The quantitative estimate of drug-likeness (QED) is 0.504. The molecule has 2 aliphatic rings. The molecule has 2 unspecified atom stereocenters. The molecule has 12 heteroatoms. The lowest BCUT2D eigenvalue weighted by Crippen LogP contribution is -2.47. The largest absolute Gasteiger partial charge is 0.573 e. The van der Waals surface area contributed by atoms with Gasteiger partial charge >= 0.3 is 18.4 Å². The molecule has 194 valence electrons. The van der Waals surface area contributed by atoms with Gasteiger partial charge < -0.3 is 30.7 Å². The van der Waals surface area contributed by atoms with Crippen LogP contribution in [-0.4, -0.2) is 71.9 Å². The van der Waals surface area contributed by atoms with E-state index in [1.165, 1.54) is 12.1 Å². The normalized spacial score (nSPS) is 22.0. The van der Waals surface area contributed by atoms with Gasteiger partial charge in [-0.3, -0.25) is 9.59 Å². The van der Waals surface area contributed by atoms with E-state index in [-0.39, 0.29) is 35.8 Å². The average molecular weight is 501 g/mol. The van der Waals surface area contributed by atoms with Crippen molar-refractivity contribution < 1.29 is 37.4 Å². The molecular weight excluding hydrogens is 469 g/mol. The summed E-state index contributed by atoms with van der Waals surface area (Å²) in [4.78, 5) is 39.4. The number of halogens is 3. The van der Waals surface area contributed by atoms with Gasteiger partial charge in [-0.1, -0.05) is 0 Å². The van der Waals surface area contributed by atoms with Gasteiger partial charge in [-0.25, -0.2) is 4.79 Å². The number of urea groups is 1. The maximum absolute atomic E-state index is 12.8. The minimum Gasteiger partial charge on any atom is -0.481 e. The Morgan fingerprint density at radius 1 is 1.06 bits per heavy atom. The van der Waals surface area contributed by atoms with Gasteiger partial charge in [0.1, 0.15) is 5.75 Å². The maximum Gasteiger partial charge on any atom is 0.573 e. The number of nitrogens with zero attached hydrogens (tertiary/aromatic N) is 2. The van der Waals surface area contributed by atoms with E-state index in [1.807, 2.05) is 0 Å². The van der Waals surface area contributed by atoms with Crippen LogP contribution in [-0.2, 0) is 9.59 Å². The number of piperidine rings is 2. The van der Waals surface area contributed by atoms with E-state index in [9.17, 15) is 32.7 Å². The summed E-state index contributed by atoms with van der Waals surface area (Å²) in [5.41, 5.74) is 5.72. The summed E-state index contributed by atoms with van der Waals surface area (Å²) in [6.45, 7) is 3.02. The molecule has 3 amide bonds. The molecule has 2 heterocycles. The summed E-state index contributed by atoms with van der Waals surface area (Å²) in [6, 6.07) is 4.49. The highest BCUT2D eigenvalue weighted by Gasteiger charge is 2.34. The molecule has 0 aromatic heterocycles. The number of likely N-dealkylation sites (tertiary alicyclic amines) is 2. The molecule has 2 saturated heterocycles.